The summed E-state index contributed by atoms with van der Waals surface area (Å²) < 4.78 is 11.4. The molecule has 1 unspecified atom stereocenters. The van der Waals surface area contributed by atoms with Crippen molar-refractivity contribution in [3.05, 3.63) is 36.0 Å². The van der Waals surface area contributed by atoms with E-state index in [0.717, 1.165) is 29.3 Å². The molecule has 1 aromatic carbocycles. The number of esters is 1. The van der Waals surface area contributed by atoms with Crippen LogP contribution in [0.5, 0.6) is 0 Å². The van der Waals surface area contributed by atoms with E-state index in [1.165, 1.54) is 44.5 Å². The Kier molecular flexibility index (Phi) is 5.41. The van der Waals surface area contributed by atoms with Crippen LogP contribution in [0.25, 0.3) is 10.9 Å². The van der Waals surface area contributed by atoms with E-state index in [2.05, 4.69) is 0 Å². The highest BCUT2D eigenvalue weighted by Gasteiger charge is 2.28. The summed E-state index contributed by atoms with van der Waals surface area (Å²) in [4.78, 5) is 24.6. The van der Waals surface area contributed by atoms with Crippen LogP contribution in [0.4, 0.5) is 4.79 Å². The summed E-state index contributed by atoms with van der Waals surface area (Å²) in [5.74, 6) is 0.0910. The van der Waals surface area contributed by atoms with E-state index in [4.69, 9.17) is 9.47 Å². The number of ether oxygens (including phenoxy) is 2. The minimum absolute atomic E-state index is 0.245. The average Bonchev–Trinajstić information content (AvgIpc) is 3.29. The Labute approximate surface area is 147 Å². The normalized spacial score (nSPS) is 16.1. The van der Waals surface area contributed by atoms with Gasteiger partial charge < -0.3 is 9.47 Å². The molecule has 0 amide bonds. The highest BCUT2D eigenvalue weighted by molar-refractivity contribution is 5.95. The lowest BCUT2D eigenvalue weighted by Gasteiger charge is -2.16. The summed E-state index contributed by atoms with van der Waals surface area (Å²) in [7, 11) is 2.78. The van der Waals surface area contributed by atoms with Gasteiger partial charge in [0, 0.05) is 11.6 Å². The van der Waals surface area contributed by atoms with E-state index in [0.29, 0.717) is 5.92 Å². The van der Waals surface area contributed by atoms with Crippen LogP contribution < -0.4 is 0 Å². The number of carbonyl (C=O) groups is 2. The van der Waals surface area contributed by atoms with Crippen molar-refractivity contribution in [3.63, 3.8) is 0 Å². The first-order valence-corrected chi connectivity index (χ1v) is 8.91. The van der Waals surface area contributed by atoms with Crippen LogP contribution in [0.3, 0.4) is 0 Å². The number of para-hydroxylation sites is 1. The molecule has 0 bridgehead atoms. The van der Waals surface area contributed by atoms with E-state index in [9.17, 15) is 9.59 Å². The third-order valence-electron chi connectivity index (χ3n) is 5.31. The molecule has 134 valence electrons. The van der Waals surface area contributed by atoms with Crippen LogP contribution in [0.1, 0.15) is 50.0 Å². The average molecular weight is 343 g/mol. The number of nitrogens with zero attached hydrogens (tertiary/aromatic N) is 1. The number of benzene rings is 1. The van der Waals surface area contributed by atoms with Crippen molar-refractivity contribution in [2.75, 3.05) is 14.2 Å². The van der Waals surface area contributed by atoms with E-state index >= 15 is 0 Å². The zero-order valence-corrected chi connectivity index (χ0v) is 14.9. The number of hydrogen-bond donors (Lipinski definition) is 0. The second-order valence-corrected chi connectivity index (χ2v) is 6.75. The highest BCUT2D eigenvalue weighted by atomic mass is 16.5. The monoisotopic (exact) mass is 343 g/mol. The molecule has 1 heterocycles. The second-order valence-electron chi connectivity index (χ2n) is 6.75. The van der Waals surface area contributed by atoms with E-state index in [1.807, 2.05) is 24.3 Å². The molecule has 0 spiro atoms. The molecule has 1 aromatic heterocycles. The SMILES string of the molecule is COC(=O)C(CCC1CCCC1)c1cn(C(=O)OC)c2ccccc12. The summed E-state index contributed by atoms with van der Waals surface area (Å²) in [6.07, 6.45) is 8.10. The van der Waals surface area contributed by atoms with Gasteiger partial charge in [-0.2, -0.15) is 0 Å². The van der Waals surface area contributed by atoms with E-state index < -0.39 is 6.09 Å². The molecule has 1 atom stereocenters. The van der Waals surface area contributed by atoms with Gasteiger partial charge in [0.2, 0.25) is 0 Å². The zero-order valence-electron chi connectivity index (χ0n) is 14.9. The number of carbonyl (C=O) groups excluding carboxylic acids is 2. The lowest BCUT2D eigenvalue weighted by atomic mass is 9.89. The summed E-state index contributed by atoms with van der Waals surface area (Å²) in [6.45, 7) is 0. The molecule has 0 N–H and O–H groups in total. The summed E-state index contributed by atoms with van der Waals surface area (Å²) in [6, 6.07) is 7.59. The fraction of sp³-hybridized carbons (Fsp3) is 0.500. The minimum atomic E-state index is -0.457. The Hall–Kier alpha value is -2.30. The van der Waals surface area contributed by atoms with Gasteiger partial charge in [-0.05, 0) is 30.4 Å². The van der Waals surface area contributed by atoms with Gasteiger partial charge in [0.1, 0.15) is 0 Å². The topological polar surface area (TPSA) is 57.5 Å². The van der Waals surface area contributed by atoms with Crippen molar-refractivity contribution in [2.45, 2.75) is 44.4 Å². The molecule has 5 heteroatoms. The van der Waals surface area contributed by atoms with Crippen molar-refractivity contribution in [1.29, 1.82) is 0 Å². The van der Waals surface area contributed by atoms with Gasteiger partial charge in [-0.15, -0.1) is 0 Å². The molecule has 1 aliphatic rings. The van der Waals surface area contributed by atoms with Crippen molar-refractivity contribution >= 4 is 23.0 Å². The molecular weight excluding hydrogens is 318 g/mol. The molecule has 1 aliphatic carbocycles. The summed E-state index contributed by atoms with van der Waals surface area (Å²) in [5, 5.41) is 0.898. The van der Waals surface area contributed by atoms with Crippen LogP contribution in [0.15, 0.2) is 30.5 Å². The number of fused-ring (bicyclic) bond motifs is 1. The Morgan fingerprint density at radius 2 is 1.88 bits per heavy atom. The zero-order chi connectivity index (χ0) is 17.8. The molecule has 0 radical (unpaired) electrons. The molecule has 2 aromatic rings. The fourth-order valence-electron chi connectivity index (χ4n) is 3.98. The molecular formula is C20H25NO4. The molecule has 5 nitrogen and oxygen atoms in total. The number of methoxy groups -OCH3 is 2. The van der Waals surface area contributed by atoms with E-state index in [-0.39, 0.29) is 11.9 Å². The molecule has 1 saturated carbocycles. The van der Waals surface area contributed by atoms with Crippen LogP contribution in [0.2, 0.25) is 0 Å². The van der Waals surface area contributed by atoms with Crippen LogP contribution >= 0.6 is 0 Å². The third kappa shape index (κ3) is 3.55. The van der Waals surface area contributed by atoms with Crippen molar-refractivity contribution in [1.82, 2.24) is 4.57 Å². The van der Waals surface area contributed by atoms with Crippen LogP contribution in [0, 0.1) is 5.92 Å². The van der Waals surface area contributed by atoms with Gasteiger partial charge in [-0.3, -0.25) is 9.36 Å². The molecule has 0 aliphatic heterocycles. The van der Waals surface area contributed by atoms with Gasteiger partial charge in [-0.25, -0.2) is 4.79 Å². The second kappa shape index (κ2) is 7.72. The maximum atomic E-state index is 12.5. The van der Waals surface area contributed by atoms with Gasteiger partial charge in [0.15, 0.2) is 0 Å². The Balaban J connectivity index is 1.96. The van der Waals surface area contributed by atoms with E-state index in [1.54, 1.807) is 6.20 Å². The lowest BCUT2D eigenvalue weighted by Crippen LogP contribution is -2.16. The van der Waals surface area contributed by atoms with Crippen molar-refractivity contribution in [3.8, 4) is 0 Å². The van der Waals surface area contributed by atoms with Gasteiger partial charge in [0.25, 0.3) is 0 Å². The van der Waals surface area contributed by atoms with Gasteiger partial charge in [0.05, 0.1) is 25.7 Å². The molecule has 25 heavy (non-hydrogen) atoms. The standard InChI is InChI=1S/C20H25NO4/c1-24-19(22)16(12-11-14-7-3-4-8-14)17-13-21(20(23)25-2)18-10-6-5-9-15(17)18/h5-6,9-10,13-14,16H,3-4,7-8,11-12H2,1-2H3. The van der Waals surface area contributed by atoms with Gasteiger partial charge in [-0.1, -0.05) is 43.9 Å². The smallest absolute Gasteiger partial charge is 0.418 e. The lowest BCUT2D eigenvalue weighted by molar-refractivity contribution is -0.142. The number of hydrogen-bond acceptors (Lipinski definition) is 4. The maximum absolute atomic E-state index is 12.5. The predicted molar refractivity (Wildman–Crippen MR) is 95.7 cm³/mol. The molecule has 0 saturated heterocycles. The Morgan fingerprint density at radius 3 is 2.56 bits per heavy atom. The van der Waals surface area contributed by atoms with Crippen LogP contribution in [-0.4, -0.2) is 30.8 Å². The number of rotatable bonds is 5. The minimum Gasteiger partial charge on any atom is -0.469 e. The summed E-state index contributed by atoms with van der Waals surface area (Å²) >= 11 is 0. The first kappa shape index (κ1) is 17.5. The highest BCUT2D eigenvalue weighted by Crippen LogP contribution is 2.36. The first-order valence-electron chi connectivity index (χ1n) is 8.91. The summed E-state index contributed by atoms with van der Waals surface area (Å²) in [5.41, 5.74) is 1.59. The quantitative estimate of drug-likeness (QED) is 0.751. The van der Waals surface area contributed by atoms with Gasteiger partial charge >= 0.3 is 12.1 Å². The molecule has 1 fully saturated rings. The Morgan fingerprint density at radius 1 is 1.16 bits per heavy atom. The maximum Gasteiger partial charge on any atom is 0.418 e. The predicted octanol–water partition coefficient (Wildman–Crippen LogP) is 4.48. The fourth-order valence-corrected chi connectivity index (χ4v) is 3.98. The largest absolute Gasteiger partial charge is 0.469 e. The van der Waals surface area contributed by atoms with Crippen molar-refractivity contribution in [2.24, 2.45) is 5.92 Å². The number of aromatic nitrogens is 1. The molecule has 3 rings (SSSR count). The Bertz CT molecular complexity index is 758. The first-order chi connectivity index (χ1) is 12.2. The van der Waals surface area contributed by atoms with Crippen LogP contribution in [-0.2, 0) is 14.3 Å². The third-order valence-corrected chi connectivity index (χ3v) is 5.31. The van der Waals surface area contributed by atoms with Crippen molar-refractivity contribution < 1.29 is 19.1 Å².